The molecule has 0 amide bonds. The zero-order chi connectivity index (χ0) is 38.5. The highest BCUT2D eigenvalue weighted by atomic mass is 31.2. The van der Waals surface area contributed by atoms with Crippen molar-refractivity contribution in [2.45, 2.75) is 82.6 Å². The molecule has 3 aromatic carbocycles. The molecule has 1 aliphatic heterocycles. The van der Waals surface area contributed by atoms with Crippen LogP contribution in [0.5, 0.6) is 11.5 Å². The van der Waals surface area contributed by atoms with E-state index in [1.54, 1.807) is 14.2 Å². The van der Waals surface area contributed by atoms with Gasteiger partial charge in [-0.15, -0.1) is 0 Å². The second-order valence-electron chi connectivity index (χ2n) is 14.2. The summed E-state index contributed by atoms with van der Waals surface area (Å²) in [6.07, 6.45) is 1.61. The predicted octanol–water partition coefficient (Wildman–Crippen LogP) is 6.90. The monoisotopic (exact) mass is 756 g/mol. The Balaban J connectivity index is 1.48. The number of nitrogens with one attached hydrogen (secondary N) is 1. The fourth-order valence-corrected chi connectivity index (χ4v) is 9.64. The van der Waals surface area contributed by atoms with Gasteiger partial charge >= 0.3 is 5.69 Å². The maximum absolute atomic E-state index is 13.2. The lowest BCUT2D eigenvalue weighted by molar-refractivity contribution is -0.167. The molecule has 2 bridgehead atoms. The molecule has 6 rings (SSSR count). The summed E-state index contributed by atoms with van der Waals surface area (Å²) in [5.74, 6) is 1.13. The van der Waals surface area contributed by atoms with Gasteiger partial charge < -0.3 is 28.0 Å². The van der Waals surface area contributed by atoms with E-state index in [1.807, 2.05) is 78.9 Å². The Morgan fingerprint density at radius 3 is 2.06 bits per heavy atom. The van der Waals surface area contributed by atoms with Crippen molar-refractivity contribution >= 4 is 8.53 Å². The van der Waals surface area contributed by atoms with E-state index in [2.05, 4.69) is 43.4 Å². The van der Waals surface area contributed by atoms with Gasteiger partial charge in [0.2, 0.25) is 0 Å². The maximum Gasteiger partial charge on any atom is 0.330 e. The van der Waals surface area contributed by atoms with Crippen LogP contribution in [-0.4, -0.2) is 65.4 Å². The third-order valence-corrected chi connectivity index (χ3v) is 12.3. The molecule has 0 spiro atoms. The molecular weight excluding hydrogens is 707 g/mol. The van der Waals surface area contributed by atoms with E-state index >= 15 is 0 Å². The first-order valence-corrected chi connectivity index (χ1v) is 19.4. The number of ether oxygens (including phenoxy) is 4. The van der Waals surface area contributed by atoms with E-state index < -0.39 is 43.3 Å². The first-order valence-electron chi connectivity index (χ1n) is 18.3. The van der Waals surface area contributed by atoms with Crippen LogP contribution in [0.3, 0.4) is 0 Å². The second kappa shape index (κ2) is 17.0. The highest BCUT2D eigenvalue weighted by molar-refractivity contribution is 7.44. The van der Waals surface area contributed by atoms with Crippen LogP contribution in [0.25, 0.3) is 0 Å². The van der Waals surface area contributed by atoms with Crippen LogP contribution in [-0.2, 0) is 24.1 Å². The molecule has 1 unspecified atom stereocenters. The number of nitrogens with zero attached hydrogens (tertiary/aromatic N) is 3. The van der Waals surface area contributed by atoms with Gasteiger partial charge in [0.1, 0.15) is 35.0 Å². The highest BCUT2D eigenvalue weighted by Gasteiger charge is 2.63. The van der Waals surface area contributed by atoms with E-state index in [0.29, 0.717) is 24.3 Å². The zero-order valence-electron chi connectivity index (χ0n) is 31.6. The normalized spacial score (nSPS) is 21.4. The quantitative estimate of drug-likeness (QED) is 0.0688. The second-order valence-corrected chi connectivity index (χ2v) is 15.6. The molecule has 1 saturated heterocycles. The van der Waals surface area contributed by atoms with Crippen LogP contribution in [0.1, 0.15) is 69.9 Å². The van der Waals surface area contributed by atoms with Crippen molar-refractivity contribution in [3.05, 3.63) is 129 Å². The van der Waals surface area contributed by atoms with E-state index in [4.69, 9.17) is 28.0 Å². The summed E-state index contributed by atoms with van der Waals surface area (Å²) in [5, 5.41) is 9.36. The summed E-state index contributed by atoms with van der Waals surface area (Å²) in [7, 11) is 1.59. The minimum atomic E-state index is -1.68. The Morgan fingerprint density at radius 1 is 0.926 bits per heavy atom. The minimum absolute atomic E-state index is 0.0684. The number of H-pyrrole nitrogens is 1. The number of aromatic nitrogens is 2. The molecule has 2 aliphatic rings. The van der Waals surface area contributed by atoms with Crippen molar-refractivity contribution in [1.29, 1.82) is 5.26 Å². The molecule has 1 saturated carbocycles. The van der Waals surface area contributed by atoms with Gasteiger partial charge in [0.05, 0.1) is 39.9 Å². The third kappa shape index (κ3) is 7.76. The predicted molar refractivity (Wildman–Crippen MR) is 205 cm³/mol. The van der Waals surface area contributed by atoms with Gasteiger partial charge in [0, 0.05) is 30.3 Å². The molecule has 54 heavy (non-hydrogen) atoms. The first-order chi connectivity index (χ1) is 26.1. The van der Waals surface area contributed by atoms with Crippen LogP contribution in [0, 0.1) is 17.2 Å². The molecule has 1 N–H and O–H groups in total. The molecule has 4 aromatic rings. The Bertz CT molecular complexity index is 1940. The molecule has 1 aromatic heterocycles. The van der Waals surface area contributed by atoms with Gasteiger partial charge in [0.25, 0.3) is 14.1 Å². The van der Waals surface area contributed by atoms with Crippen LogP contribution in [0.2, 0.25) is 0 Å². The van der Waals surface area contributed by atoms with Crippen molar-refractivity contribution in [2.75, 3.05) is 27.4 Å². The molecule has 0 radical (unpaired) electrons. The summed E-state index contributed by atoms with van der Waals surface area (Å²) in [5.41, 5.74) is -0.612. The van der Waals surface area contributed by atoms with Crippen molar-refractivity contribution in [3.63, 3.8) is 0 Å². The number of rotatable bonds is 17. The lowest BCUT2D eigenvalue weighted by Crippen LogP contribution is -2.47. The van der Waals surface area contributed by atoms with Gasteiger partial charge in [-0.1, -0.05) is 54.6 Å². The fourth-order valence-electron chi connectivity index (χ4n) is 7.79. The van der Waals surface area contributed by atoms with Crippen LogP contribution < -0.4 is 20.7 Å². The van der Waals surface area contributed by atoms with Gasteiger partial charge in [-0.25, -0.2) is 9.46 Å². The van der Waals surface area contributed by atoms with Gasteiger partial charge in [-0.3, -0.25) is 14.3 Å². The number of nitriles is 1. The summed E-state index contributed by atoms with van der Waals surface area (Å²) in [4.78, 5) is 27.7. The molecule has 5 atom stereocenters. The Morgan fingerprint density at radius 2 is 1.52 bits per heavy atom. The standard InChI is InChI=1S/C41H49N4O8P/c1-28(2)45(29(3)4)54(51-26-10-24-42)53-37-35-21-23-40(37,52-38(35)44-25-22-36(46)43-39(44)47)27-50-41(30-11-8-7-9-12-30,31-13-17-33(48-5)18-14-31)32-15-19-34(49-6)20-16-32/h7-9,11-20,22,25,28-29,35,37-38H,10,21,23,26-27H2,1-6H3,(H,43,46,47)/t35-,37+,38-,40+,54?/m1/s1. The van der Waals surface area contributed by atoms with Gasteiger partial charge in [-0.05, 0) is 81.5 Å². The Hall–Kier alpha value is -4.34. The average Bonchev–Trinajstić information content (AvgIpc) is 3.66. The van der Waals surface area contributed by atoms with E-state index in [1.165, 1.54) is 16.8 Å². The Kier molecular flexibility index (Phi) is 12.4. The van der Waals surface area contributed by atoms with Crippen molar-refractivity contribution < 1.29 is 28.0 Å². The summed E-state index contributed by atoms with van der Waals surface area (Å²) in [6.45, 7) is 8.63. The van der Waals surface area contributed by atoms with Crippen molar-refractivity contribution in [2.24, 2.45) is 5.92 Å². The number of hydrogen-bond acceptors (Lipinski definition) is 10. The van der Waals surface area contributed by atoms with Crippen molar-refractivity contribution in [3.8, 4) is 17.6 Å². The Labute approximate surface area is 317 Å². The molecule has 1 aliphatic carbocycles. The summed E-state index contributed by atoms with van der Waals surface area (Å²) in [6, 6.07) is 29.3. The molecule has 2 fully saturated rings. The fraction of sp³-hybridized carbons (Fsp3) is 0.439. The topological polar surface area (TPSA) is 137 Å². The number of aromatic amines is 1. The van der Waals surface area contributed by atoms with Gasteiger partial charge in [0.15, 0.2) is 0 Å². The smallest absolute Gasteiger partial charge is 0.330 e. The number of fused-ring (bicyclic) bond motifs is 2. The lowest BCUT2D eigenvalue weighted by Gasteiger charge is -2.42. The minimum Gasteiger partial charge on any atom is -0.497 e. The van der Waals surface area contributed by atoms with Crippen molar-refractivity contribution in [1.82, 2.24) is 14.2 Å². The molecular formula is C41H49N4O8P. The third-order valence-electron chi connectivity index (χ3n) is 10.2. The number of hydrogen-bond donors (Lipinski definition) is 1. The SMILES string of the molecule is COc1ccc(C(OC[C@]23CC[C@@H]([C@H](n4ccc(=O)[nH]c4=O)O2)[C@@H]3OP(OCCC#N)N(C(C)C)C(C)C)(c2ccccc2)c2ccc(OC)cc2)cc1. The highest BCUT2D eigenvalue weighted by Crippen LogP contribution is 2.60. The zero-order valence-corrected chi connectivity index (χ0v) is 32.5. The van der Waals surface area contributed by atoms with Crippen LogP contribution >= 0.6 is 8.53 Å². The molecule has 286 valence electrons. The van der Waals surface area contributed by atoms with Crippen LogP contribution in [0.4, 0.5) is 0 Å². The summed E-state index contributed by atoms with van der Waals surface area (Å²) < 4.78 is 42.6. The molecule has 2 heterocycles. The van der Waals surface area contributed by atoms with E-state index in [0.717, 1.165) is 16.7 Å². The lowest BCUT2D eigenvalue weighted by atomic mass is 9.79. The average molecular weight is 757 g/mol. The summed E-state index contributed by atoms with van der Waals surface area (Å²) >= 11 is 0. The number of benzene rings is 3. The largest absolute Gasteiger partial charge is 0.497 e. The van der Waals surface area contributed by atoms with E-state index in [-0.39, 0.29) is 37.6 Å². The van der Waals surface area contributed by atoms with Crippen LogP contribution in [0.15, 0.2) is 101 Å². The number of methoxy groups -OCH3 is 2. The maximum atomic E-state index is 13.2. The molecule has 12 nitrogen and oxygen atoms in total. The molecule has 13 heteroatoms. The first kappa shape index (κ1) is 39.4. The van der Waals surface area contributed by atoms with Gasteiger partial charge in [-0.2, -0.15) is 5.26 Å². The van der Waals surface area contributed by atoms with E-state index in [9.17, 15) is 14.9 Å².